The van der Waals surface area contributed by atoms with Crippen LogP contribution in [0.2, 0.25) is 0 Å². The number of nitrogens with zero attached hydrogens (tertiary/aromatic N) is 1. The fraction of sp³-hybridized carbons (Fsp3) is 0.500. The van der Waals surface area contributed by atoms with Crippen molar-refractivity contribution in [3.05, 3.63) is 23.8 Å². The van der Waals surface area contributed by atoms with Gasteiger partial charge in [-0.1, -0.05) is 6.07 Å². The third-order valence-electron chi connectivity index (χ3n) is 3.07. The molecular formula is C12H18N2O. The van der Waals surface area contributed by atoms with Crippen LogP contribution in [-0.4, -0.2) is 26.3 Å². The Bertz CT molecular complexity index is 345. The molecule has 3 heteroatoms. The average molecular weight is 206 g/mol. The van der Waals surface area contributed by atoms with Crippen molar-refractivity contribution in [3.63, 3.8) is 0 Å². The van der Waals surface area contributed by atoms with Crippen LogP contribution >= 0.6 is 0 Å². The first-order valence-electron chi connectivity index (χ1n) is 5.35. The number of nitrogen functional groups attached to an aromatic ring is 1. The van der Waals surface area contributed by atoms with Crippen LogP contribution in [-0.2, 0) is 4.74 Å². The quantitative estimate of drug-likeness (QED) is 0.750. The minimum absolute atomic E-state index is 0.491. The molecule has 1 unspecified atom stereocenters. The van der Waals surface area contributed by atoms with E-state index in [9.17, 15) is 0 Å². The van der Waals surface area contributed by atoms with Crippen LogP contribution in [0.15, 0.2) is 18.2 Å². The molecule has 1 heterocycles. The SMILES string of the molecule is Cc1ccc(N)cc1N(C)C1CCOC1. The van der Waals surface area contributed by atoms with Crippen molar-refractivity contribution in [1.82, 2.24) is 0 Å². The number of rotatable bonds is 2. The Morgan fingerprint density at radius 1 is 1.47 bits per heavy atom. The third kappa shape index (κ3) is 2.07. The summed E-state index contributed by atoms with van der Waals surface area (Å²) in [5.74, 6) is 0. The molecule has 82 valence electrons. The summed E-state index contributed by atoms with van der Waals surface area (Å²) in [5.41, 5.74) is 9.10. The molecule has 1 atom stereocenters. The van der Waals surface area contributed by atoms with Crippen molar-refractivity contribution in [2.45, 2.75) is 19.4 Å². The van der Waals surface area contributed by atoms with Gasteiger partial charge in [0, 0.05) is 25.0 Å². The molecule has 1 aromatic carbocycles. The van der Waals surface area contributed by atoms with Crippen molar-refractivity contribution < 1.29 is 4.74 Å². The molecule has 0 amide bonds. The molecule has 1 saturated heterocycles. The van der Waals surface area contributed by atoms with Gasteiger partial charge in [-0.25, -0.2) is 0 Å². The molecule has 0 aliphatic carbocycles. The number of nitrogens with two attached hydrogens (primary N) is 1. The van der Waals surface area contributed by atoms with Gasteiger partial charge in [0.2, 0.25) is 0 Å². The van der Waals surface area contributed by atoms with Gasteiger partial charge < -0.3 is 15.4 Å². The van der Waals surface area contributed by atoms with Crippen molar-refractivity contribution in [2.24, 2.45) is 0 Å². The highest BCUT2D eigenvalue weighted by molar-refractivity contribution is 5.61. The van der Waals surface area contributed by atoms with E-state index in [0.717, 1.165) is 25.3 Å². The minimum atomic E-state index is 0.491. The summed E-state index contributed by atoms with van der Waals surface area (Å²) in [6, 6.07) is 6.54. The van der Waals surface area contributed by atoms with E-state index in [1.54, 1.807) is 0 Å². The van der Waals surface area contributed by atoms with Crippen LogP contribution in [0.5, 0.6) is 0 Å². The average Bonchev–Trinajstić information content (AvgIpc) is 2.74. The van der Waals surface area contributed by atoms with Crippen molar-refractivity contribution in [3.8, 4) is 0 Å². The zero-order chi connectivity index (χ0) is 10.8. The lowest BCUT2D eigenvalue weighted by Crippen LogP contribution is -2.32. The van der Waals surface area contributed by atoms with Gasteiger partial charge in [-0.3, -0.25) is 0 Å². The second kappa shape index (κ2) is 4.11. The van der Waals surface area contributed by atoms with Crippen molar-refractivity contribution >= 4 is 11.4 Å². The Kier molecular flexibility index (Phi) is 2.82. The van der Waals surface area contributed by atoms with Crippen molar-refractivity contribution in [2.75, 3.05) is 30.9 Å². The van der Waals surface area contributed by atoms with E-state index < -0.39 is 0 Å². The maximum atomic E-state index is 5.81. The molecular weight excluding hydrogens is 188 g/mol. The van der Waals surface area contributed by atoms with E-state index in [4.69, 9.17) is 10.5 Å². The van der Waals surface area contributed by atoms with E-state index in [0.29, 0.717) is 6.04 Å². The predicted molar refractivity (Wildman–Crippen MR) is 63.2 cm³/mol. The molecule has 1 aliphatic rings. The van der Waals surface area contributed by atoms with Crippen LogP contribution in [0.4, 0.5) is 11.4 Å². The maximum Gasteiger partial charge on any atom is 0.0670 e. The van der Waals surface area contributed by atoms with Gasteiger partial charge in [-0.2, -0.15) is 0 Å². The normalized spacial score (nSPS) is 20.5. The second-order valence-electron chi connectivity index (χ2n) is 4.17. The summed E-state index contributed by atoms with van der Waals surface area (Å²) < 4.78 is 5.40. The Hall–Kier alpha value is -1.22. The van der Waals surface area contributed by atoms with Gasteiger partial charge in [-0.05, 0) is 31.0 Å². The first kappa shape index (κ1) is 10.3. The molecule has 1 aromatic rings. The summed E-state index contributed by atoms with van der Waals surface area (Å²) >= 11 is 0. The summed E-state index contributed by atoms with van der Waals surface area (Å²) in [6.45, 7) is 3.81. The molecule has 3 nitrogen and oxygen atoms in total. The lowest BCUT2D eigenvalue weighted by molar-refractivity contribution is 0.193. The molecule has 0 bridgehead atoms. The zero-order valence-electron chi connectivity index (χ0n) is 9.36. The number of likely N-dealkylation sites (N-methyl/N-ethyl adjacent to an activating group) is 1. The van der Waals surface area contributed by atoms with Crippen LogP contribution < -0.4 is 10.6 Å². The molecule has 2 N–H and O–H groups in total. The lowest BCUT2D eigenvalue weighted by atomic mass is 10.1. The second-order valence-corrected chi connectivity index (χ2v) is 4.17. The Labute approximate surface area is 90.8 Å². The maximum absolute atomic E-state index is 5.81. The highest BCUT2D eigenvalue weighted by Crippen LogP contribution is 2.25. The van der Waals surface area contributed by atoms with Gasteiger partial charge in [0.25, 0.3) is 0 Å². The molecule has 1 aliphatic heterocycles. The number of hydrogen-bond donors (Lipinski definition) is 1. The molecule has 1 fully saturated rings. The number of anilines is 2. The number of aryl methyl sites for hydroxylation is 1. The first-order valence-corrected chi connectivity index (χ1v) is 5.35. The summed E-state index contributed by atoms with van der Waals surface area (Å²) in [7, 11) is 2.11. The standard InChI is InChI=1S/C12H18N2O/c1-9-3-4-10(13)7-12(9)14(2)11-5-6-15-8-11/h3-4,7,11H,5-6,8,13H2,1-2H3. The van der Waals surface area contributed by atoms with Gasteiger partial charge in [0.1, 0.15) is 0 Å². The predicted octanol–water partition coefficient (Wildman–Crippen LogP) is 1.80. The van der Waals surface area contributed by atoms with Gasteiger partial charge in [0.15, 0.2) is 0 Å². The molecule has 0 aromatic heterocycles. The van der Waals surface area contributed by atoms with Gasteiger partial charge in [0.05, 0.1) is 12.6 Å². The van der Waals surface area contributed by atoms with E-state index in [2.05, 4.69) is 24.9 Å². The van der Waals surface area contributed by atoms with E-state index >= 15 is 0 Å². The lowest BCUT2D eigenvalue weighted by Gasteiger charge is -2.27. The van der Waals surface area contributed by atoms with Gasteiger partial charge >= 0.3 is 0 Å². The smallest absolute Gasteiger partial charge is 0.0670 e. The number of ether oxygens (including phenoxy) is 1. The highest BCUT2D eigenvalue weighted by atomic mass is 16.5. The molecule has 15 heavy (non-hydrogen) atoms. The monoisotopic (exact) mass is 206 g/mol. The van der Waals surface area contributed by atoms with Crippen LogP contribution in [0.3, 0.4) is 0 Å². The molecule has 0 spiro atoms. The summed E-state index contributed by atoms with van der Waals surface area (Å²) in [4.78, 5) is 2.28. The van der Waals surface area contributed by atoms with E-state index in [-0.39, 0.29) is 0 Å². The summed E-state index contributed by atoms with van der Waals surface area (Å²) in [6.07, 6.45) is 1.10. The third-order valence-corrected chi connectivity index (χ3v) is 3.07. The topological polar surface area (TPSA) is 38.5 Å². The van der Waals surface area contributed by atoms with E-state index in [1.165, 1.54) is 11.3 Å². The first-order chi connectivity index (χ1) is 7.18. The Morgan fingerprint density at radius 3 is 2.93 bits per heavy atom. The Morgan fingerprint density at radius 2 is 2.27 bits per heavy atom. The van der Waals surface area contributed by atoms with Crippen molar-refractivity contribution in [1.29, 1.82) is 0 Å². The van der Waals surface area contributed by atoms with Gasteiger partial charge in [-0.15, -0.1) is 0 Å². The fourth-order valence-electron chi connectivity index (χ4n) is 2.03. The fourth-order valence-corrected chi connectivity index (χ4v) is 2.03. The largest absolute Gasteiger partial charge is 0.399 e. The molecule has 0 radical (unpaired) electrons. The number of hydrogen-bond acceptors (Lipinski definition) is 3. The Balaban J connectivity index is 2.23. The molecule has 0 saturated carbocycles. The number of benzene rings is 1. The molecule has 2 rings (SSSR count). The van der Waals surface area contributed by atoms with E-state index in [1.807, 2.05) is 12.1 Å². The minimum Gasteiger partial charge on any atom is -0.399 e. The van der Waals surface area contributed by atoms with Crippen LogP contribution in [0.1, 0.15) is 12.0 Å². The zero-order valence-corrected chi connectivity index (χ0v) is 9.36. The van der Waals surface area contributed by atoms with Crippen LogP contribution in [0, 0.1) is 6.92 Å². The van der Waals surface area contributed by atoms with Crippen LogP contribution in [0.25, 0.3) is 0 Å². The highest BCUT2D eigenvalue weighted by Gasteiger charge is 2.21. The summed E-state index contributed by atoms with van der Waals surface area (Å²) in [5, 5.41) is 0.